The summed E-state index contributed by atoms with van der Waals surface area (Å²) < 4.78 is 7.85. The van der Waals surface area contributed by atoms with Crippen molar-refractivity contribution in [2.24, 2.45) is 0 Å². The van der Waals surface area contributed by atoms with Crippen molar-refractivity contribution in [2.75, 3.05) is 38.2 Å². The highest BCUT2D eigenvalue weighted by molar-refractivity contribution is 5.91. The Labute approximate surface area is 226 Å². The molecule has 6 heteroatoms. The molecule has 0 aliphatic carbocycles. The third-order valence-corrected chi connectivity index (χ3v) is 8.55. The van der Waals surface area contributed by atoms with Crippen LogP contribution in [0.1, 0.15) is 75.1 Å². The van der Waals surface area contributed by atoms with Crippen LogP contribution in [0.4, 0.5) is 5.82 Å². The van der Waals surface area contributed by atoms with Gasteiger partial charge in [0.2, 0.25) is 0 Å². The molecule has 0 amide bonds. The van der Waals surface area contributed by atoms with Crippen LogP contribution < -0.4 is 10.7 Å². The van der Waals surface area contributed by atoms with Gasteiger partial charge in [-0.2, -0.15) is 5.26 Å². The molecule has 2 saturated heterocycles. The number of piperidine rings is 1. The summed E-state index contributed by atoms with van der Waals surface area (Å²) in [5, 5.41) is 13.7. The minimum absolute atomic E-state index is 0.00467. The molecule has 38 heavy (non-hydrogen) atoms. The molecule has 2 aromatic rings. The number of nitriles is 1. The molecule has 0 saturated carbocycles. The summed E-state index contributed by atoms with van der Waals surface area (Å²) in [6.07, 6.45) is 10.9. The number of ether oxygens (including phenoxy) is 1. The van der Waals surface area contributed by atoms with Gasteiger partial charge in [-0.15, -0.1) is 0 Å². The van der Waals surface area contributed by atoms with E-state index in [4.69, 9.17) is 4.74 Å². The number of nitrogens with one attached hydrogen (secondary N) is 1. The molecule has 4 heterocycles. The Balaban J connectivity index is 1.59. The van der Waals surface area contributed by atoms with E-state index in [0.717, 1.165) is 75.1 Å². The lowest BCUT2D eigenvalue weighted by Crippen LogP contribution is -2.43. The molecule has 5 rings (SSSR count). The standard InChI is InChI=1S/C32H40N4O2/c1-5-24-18-28-29(19-27(24)25-9-14-35(15-10-25)26-11-16-38-17-12-26)36(21(2)3)32-30(31(28)37)22(4)6-7-23(20-33)8-13-34-32/h6-8,18-19,21,25-26,34H,4-5,9-17H2,1-3H3/b7-6-,23-8+. The first-order valence-corrected chi connectivity index (χ1v) is 14.2. The van der Waals surface area contributed by atoms with E-state index >= 15 is 0 Å². The average molecular weight is 513 g/mol. The zero-order valence-corrected chi connectivity index (χ0v) is 23.1. The number of allylic oxidation sites excluding steroid dienone is 4. The Morgan fingerprint density at radius 2 is 1.89 bits per heavy atom. The summed E-state index contributed by atoms with van der Waals surface area (Å²) in [4.78, 5) is 16.7. The van der Waals surface area contributed by atoms with E-state index in [2.05, 4.69) is 60.3 Å². The lowest BCUT2D eigenvalue weighted by molar-refractivity contribution is 0.0251. The molecule has 1 aromatic heterocycles. The largest absolute Gasteiger partial charge is 0.381 e. The van der Waals surface area contributed by atoms with Crippen molar-refractivity contribution >= 4 is 22.3 Å². The predicted octanol–water partition coefficient (Wildman–Crippen LogP) is 5.95. The van der Waals surface area contributed by atoms with Gasteiger partial charge in [0.1, 0.15) is 5.82 Å². The fraction of sp³-hybridized carbons (Fsp3) is 0.500. The SMILES string of the molecule is C=C1/C=C\C(C#N)=C/CNc2c1c(=O)c1cc(CC)c(C3CCN(C4CCOCC4)CC3)cc1n2C(C)C. The summed E-state index contributed by atoms with van der Waals surface area (Å²) in [6, 6.07) is 7.47. The van der Waals surface area contributed by atoms with Crippen LogP contribution in [0.2, 0.25) is 0 Å². The maximum atomic E-state index is 14.0. The summed E-state index contributed by atoms with van der Waals surface area (Å²) in [7, 11) is 0. The average Bonchev–Trinajstić information content (AvgIpc) is 3.02. The Morgan fingerprint density at radius 1 is 1.16 bits per heavy atom. The lowest BCUT2D eigenvalue weighted by Gasteiger charge is -2.39. The van der Waals surface area contributed by atoms with Crippen molar-refractivity contribution in [3.8, 4) is 6.07 Å². The van der Waals surface area contributed by atoms with Gasteiger partial charge in [0.15, 0.2) is 5.43 Å². The van der Waals surface area contributed by atoms with Gasteiger partial charge in [-0.05, 0) is 106 Å². The molecule has 0 bridgehead atoms. The Hall–Kier alpha value is -3.14. The quantitative estimate of drug-likeness (QED) is 0.548. The van der Waals surface area contributed by atoms with Crippen molar-refractivity contribution in [1.29, 1.82) is 5.26 Å². The smallest absolute Gasteiger partial charge is 0.199 e. The fourth-order valence-electron chi connectivity index (χ4n) is 6.52. The number of nitrogens with zero attached hydrogens (tertiary/aromatic N) is 3. The molecule has 0 atom stereocenters. The second kappa shape index (κ2) is 11.3. The number of hydrogen-bond donors (Lipinski definition) is 1. The van der Waals surface area contributed by atoms with Gasteiger partial charge in [0.25, 0.3) is 0 Å². The molecular formula is C32H40N4O2. The van der Waals surface area contributed by atoms with Crippen LogP contribution in [0, 0.1) is 11.3 Å². The second-order valence-corrected chi connectivity index (χ2v) is 11.1. The van der Waals surface area contributed by atoms with Gasteiger partial charge in [-0.1, -0.05) is 19.6 Å². The van der Waals surface area contributed by atoms with E-state index in [1.807, 2.05) is 6.08 Å². The molecular weight excluding hydrogens is 472 g/mol. The van der Waals surface area contributed by atoms with Crippen molar-refractivity contribution in [1.82, 2.24) is 9.47 Å². The molecule has 1 N–H and O–H groups in total. The van der Waals surface area contributed by atoms with Crippen LogP contribution in [-0.4, -0.2) is 48.4 Å². The molecule has 200 valence electrons. The van der Waals surface area contributed by atoms with Crippen molar-refractivity contribution in [3.63, 3.8) is 0 Å². The van der Waals surface area contributed by atoms with E-state index < -0.39 is 0 Å². The highest BCUT2D eigenvalue weighted by Crippen LogP contribution is 2.37. The predicted molar refractivity (Wildman–Crippen MR) is 156 cm³/mol. The van der Waals surface area contributed by atoms with Crippen molar-refractivity contribution < 1.29 is 4.74 Å². The molecule has 0 unspecified atom stereocenters. The first-order chi connectivity index (χ1) is 18.4. The summed E-state index contributed by atoms with van der Waals surface area (Å²) in [6.45, 7) is 15.2. The van der Waals surface area contributed by atoms with Gasteiger partial charge in [-0.25, -0.2) is 0 Å². The van der Waals surface area contributed by atoms with Gasteiger partial charge in [0, 0.05) is 42.8 Å². The Morgan fingerprint density at radius 3 is 2.55 bits per heavy atom. The number of aryl methyl sites for hydroxylation is 1. The number of rotatable bonds is 4. The van der Waals surface area contributed by atoms with Crippen LogP contribution in [0.3, 0.4) is 0 Å². The third-order valence-electron chi connectivity index (χ3n) is 8.55. The molecule has 2 fully saturated rings. The van der Waals surface area contributed by atoms with Crippen molar-refractivity contribution in [3.05, 3.63) is 69.4 Å². The van der Waals surface area contributed by atoms with Crippen LogP contribution in [0.25, 0.3) is 16.5 Å². The zero-order valence-electron chi connectivity index (χ0n) is 23.1. The van der Waals surface area contributed by atoms with E-state index in [9.17, 15) is 10.1 Å². The molecule has 0 spiro atoms. The molecule has 3 aliphatic heterocycles. The van der Waals surface area contributed by atoms with Crippen LogP contribution in [0.5, 0.6) is 0 Å². The topological polar surface area (TPSA) is 70.3 Å². The van der Waals surface area contributed by atoms with Crippen LogP contribution >= 0.6 is 0 Å². The first kappa shape index (κ1) is 26.5. The van der Waals surface area contributed by atoms with Crippen LogP contribution in [0.15, 0.2) is 47.3 Å². The fourth-order valence-corrected chi connectivity index (χ4v) is 6.52. The Kier molecular flexibility index (Phi) is 7.88. The number of benzene rings is 1. The number of pyridine rings is 1. The zero-order chi connectivity index (χ0) is 26.8. The highest BCUT2D eigenvalue weighted by Gasteiger charge is 2.29. The number of aromatic nitrogens is 1. The minimum atomic E-state index is 0.00467. The molecule has 6 nitrogen and oxygen atoms in total. The molecule has 1 aromatic carbocycles. The lowest BCUT2D eigenvalue weighted by atomic mass is 9.84. The minimum Gasteiger partial charge on any atom is -0.381 e. The molecule has 0 radical (unpaired) electrons. The van der Waals surface area contributed by atoms with Gasteiger partial charge in [0.05, 0.1) is 17.1 Å². The number of anilines is 1. The monoisotopic (exact) mass is 512 g/mol. The van der Waals surface area contributed by atoms with Crippen molar-refractivity contribution in [2.45, 2.75) is 70.9 Å². The van der Waals surface area contributed by atoms with Crippen LogP contribution in [-0.2, 0) is 11.2 Å². The van der Waals surface area contributed by atoms with E-state index in [1.165, 1.54) is 11.1 Å². The maximum Gasteiger partial charge on any atom is 0.199 e. The van der Waals surface area contributed by atoms with Gasteiger partial charge < -0.3 is 19.5 Å². The number of hydrogen-bond acceptors (Lipinski definition) is 5. The van der Waals surface area contributed by atoms with E-state index in [0.29, 0.717) is 35.2 Å². The van der Waals surface area contributed by atoms with Gasteiger partial charge in [-0.3, -0.25) is 4.79 Å². The summed E-state index contributed by atoms with van der Waals surface area (Å²) in [5.74, 6) is 1.28. The third kappa shape index (κ3) is 4.98. The van der Waals surface area contributed by atoms with Gasteiger partial charge >= 0.3 is 0 Å². The highest BCUT2D eigenvalue weighted by atomic mass is 16.5. The first-order valence-electron chi connectivity index (χ1n) is 14.2. The summed E-state index contributed by atoms with van der Waals surface area (Å²) in [5.41, 5.74) is 5.44. The normalized spacial score (nSPS) is 22.1. The van der Waals surface area contributed by atoms with E-state index in [1.54, 1.807) is 12.2 Å². The summed E-state index contributed by atoms with van der Waals surface area (Å²) >= 11 is 0. The molecule has 3 aliphatic rings. The number of likely N-dealkylation sites (tertiary alicyclic amines) is 1. The maximum absolute atomic E-state index is 14.0. The second-order valence-electron chi connectivity index (χ2n) is 11.1. The Bertz CT molecular complexity index is 1380. The number of fused-ring (bicyclic) bond motifs is 2. The van der Waals surface area contributed by atoms with E-state index in [-0.39, 0.29) is 11.5 Å².